The molecule has 1 aromatic carbocycles. The predicted molar refractivity (Wildman–Crippen MR) is 86.3 cm³/mol. The van der Waals surface area contributed by atoms with E-state index >= 15 is 0 Å². The molecule has 2 heterocycles. The number of benzene rings is 1. The molecule has 1 atom stereocenters. The maximum atomic E-state index is 6.05. The predicted octanol–water partition coefficient (Wildman–Crippen LogP) is 3.21. The molecule has 1 aliphatic heterocycles. The van der Waals surface area contributed by atoms with E-state index in [4.69, 9.17) is 10.7 Å². The van der Waals surface area contributed by atoms with E-state index in [1.165, 1.54) is 22.5 Å². The Balaban J connectivity index is 1.63. The van der Waals surface area contributed by atoms with Crippen LogP contribution in [0.5, 0.6) is 0 Å². The lowest BCUT2D eigenvalue weighted by molar-refractivity contribution is 0.199. The van der Waals surface area contributed by atoms with Gasteiger partial charge in [0.1, 0.15) is 0 Å². The first kappa shape index (κ1) is 14.0. The van der Waals surface area contributed by atoms with Gasteiger partial charge in [-0.2, -0.15) is 0 Å². The second kappa shape index (κ2) is 6.20. The van der Waals surface area contributed by atoms with Crippen molar-refractivity contribution in [1.29, 1.82) is 0 Å². The lowest BCUT2D eigenvalue weighted by Gasteiger charge is -2.32. The normalized spacial score (nSPS) is 19.5. The van der Waals surface area contributed by atoms with Crippen LogP contribution < -0.4 is 5.73 Å². The van der Waals surface area contributed by atoms with Crippen molar-refractivity contribution in [3.8, 4) is 0 Å². The van der Waals surface area contributed by atoms with Crippen LogP contribution in [0.15, 0.2) is 24.3 Å². The van der Waals surface area contributed by atoms with Crippen LogP contribution in [0.3, 0.4) is 0 Å². The Labute approximate surface area is 124 Å². The number of thiazole rings is 1. The van der Waals surface area contributed by atoms with Gasteiger partial charge in [-0.1, -0.05) is 19.1 Å². The zero-order valence-electron chi connectivity index (χ0n) is 12.1. The minimum Gasteiger partial charge on any atom is -0.327 e. The molecule has 0 bridgehead atoms. The molecule has 0 amide bonds. The van der Waals surface area contributed by atoms with Gasteiger partial charge in [-0.15, -0.1) is 11.3 Å². The monoisotopic (exact) mass is 289 g/mol. The molecular formula is C16H23N3S. The maximum absolute atomic E-state index is 6.05. The summed E-state index contributed by atoms with van der Waals surface area (Å²) in [5, 5.41) is 1.32. The second-order valence-electron chi connectivity index (χ2n) is 5.76. The van der Waals surface area contributed by atoms with Crippen LogP contribution >= 0.6 is 11.3 Å². The Morgan fingerprint density at radius 1 is 1.35 bits per heavy atom. The van der Waals surface area contributed by atoms with Crippen molar-refractivity contribution in [3.63, 3.8) is 0 Å². The molecule has 1 fully saturated rings. The van der Waals surface area contributed by atoms with Gasteiger partial charge in [0, 0.05) is 18.5 Å². The van der Waals surface area contributed by atoms with Gasteiger partial charge in [-0.05, 0) is 44.5 Å². The fourth-order valence-electron chi connectivity index (χ4n) is 2.89. The van der Waals surface area contributed by atoms with Crippen LogP contribution in [-0.4, -0.2) is 35.6 Å². The van der Waals surface area contributed by atoms with E-state index in [2.05, 4.69) is 36.1 Å². The highest BCUT2D eigenvalue weighted by molar-refractivity contribution is 7.18. The summed E-state index contributed by atoms with van der Waals surface area (Å²) in [4.78, 5) is 7.33. The first-order valence-electron chi connectivity index (χ1n) is 7.59. The number of fused-ring (bicyclic) bond motifs is 1. The molecular weight excluding hydrogens is 266 g/mol. The zero-order valence-corrected chi connectivity index (χ0v) is 12.9. The van der Waals surface area contributed by atoms with E-state index in [9.17, 15) is 0 Å². The molecule has 20 heavy (non-hydrogen) atoms. The number of nitrogens with zero attached hydrogens (tertiary/aromatic N) is 2. The SMILES string of the molecule is CCC(N)CN1CCC(c2nc3ccccc3s2)CC1. The quantitative estimate of drug-likeness (QED) is 0.939. The van der Waals surface area contributed by atoms with Gasteiger partial charge in [0.15, 0.2) is 0 Å². The van der Waals surface area contributed by atoms with Gasteiger partial charge in [-0.25, -0.2) is 4.98 Å². The fraction of sp³-hybridized carbons (Fsp3) is 0.562. The Bertz CT molecular complexity index is 525. The number of aromatic nitrogens is 1. The van der Waals surface area contributed by atoms with Crippen LogP contribution in [-0.2, 0) is 0 Å². The van der Waals surface area contributed by atoms with Crippen LogP contribution in [0.25, 0.3) is 10.2 Å². The first-order valence-corrected chi connectivity index (χ1v) is 8.41. The van der Waals surface area contributed by atoms with Crippen LogP contribution in [0.2, 0.25) is 0 Å². The van der Waals surface area contributed by atoms with Crippen molar-refractivity contribution in [2.45, 2.75) is 38.1 Å². The number of likely N-dealkylation sites (tertiary alicyclic amines) is 1. The molecule has 0 radical (unpaired) electrons. The Morgan fingerprint density at radius 2 is 2.10 bits per heavy atom. The third kappa shape index (κ3) is 3.03. The molecule has 0 aliphatic carbocycles. The van der Waals surface area contributed by atoms with E-state index in [1.807, 2.05) is 11.3 Å². The summed E-state index contributed by atoms with van der Waals surface area (Å²) in [6.07, 6.45) is 3.50. The van der Waals surface area contributed by atoms with Crippen molar-refractivity contribution in [2.24, 2.45) is 5.73 Å². The average molecular weight is 289 g/mol. The molecule has 0 saturated carbocycles. The van der Waals surface area contributed by atoms with Crippen molar-refractivity contribution >= 4 is 21.6 Å². The summed E-state index contributed by atoms with van der Waals surface area (Å²) in [5.74, 6) is 0.640. The van der Waals surface area contributed by atoms with Crippen molar-refractivity contribution in [3.05, 3.63) is 29.3 Å². The summed E-state index contributed by atoms with van der Waals surface area (Å²) in [7, 11) is 0. The topological polar surface area (TPSA) is 42.1 Å². The van der Waals surface area contributed by atoms with Crippen molar-refractivity contribution in [1.82, 2.24) is 9.88 Å². The Morgan fingerprint density at radius 3 is 2.80 bits per heavy atom. The van der Waals surface area contributed by atoms with Gasteiger partial charge >= 0.3 is 0 Å². The van der Waals surface area contributed by atoms with E-state index in [1.54, 1.807) is 0 Å². The van der Waals surface area contributed by atoms with Crippen LogP contribution in [0.4, 0.5) is 0 Å². The third-order valence-electron chi connectivity index (χ3n) is 4.26. The number of hydrogen-bond donors (Lipinski definition) is 1. The number of para-hydroxylation sites is 1. The summed E-state index contributed by atoms with van der Waals surface area (Å²) in [6, 6.07) is 8.78. The van der Waals surface area contributed by atoms with Crippen molar-refractivity contribution in [2.75, 3.05) is 19.6 Å². The lowest BCUT2D eigenvalue weighted by atomic mass is 9.97. The van der Waals surface area contributed by atoms with Crippen LogP contribution in [0.1, 0.15) is 37.1 Å². The highest BCUT2D eigenvalue weighted by Crippen LogP contribution is 2.33. The van der Waals surface area contributed by atoms with E-state index < -0.39 is 0 Å². The van der Waals surface area contributed by atoms with Crippen molar-refractivity contribution < 1.29 is 0 Å². The number of hydrogen-bond acceptors (Lipinski definition) is 4. The molecule has 2 aromatic rings. The highest BCUT2D eigenvalue weighted by Gasteiger charge is 2.23. The molecule has 3 nitrogen and oxygen atoms in total. The van der Waals surface area contributed by atoms with Crippen LogP contribution in [0, 0.1) is 0 Å². The maximum Gasteiger partial charge on any atom is 0.0970 e. The van der Waals surface area contributed by atoms with E-state index in [0.717, 1.165) is 31.6 Å². The molecule has 3 rings (SSSR count). The summed E-state index contributed by atoms with van der Waals surface area (Å²) in [6.45, 7) is 5.53. The largest absolute Gasteiger partial charge is 0.327 e. The smallest absolute Gasteiger partial charge is 0.0970 e. The average Bonchev–Trinajstić information content (AvgIpc) is 2.91. The standard InChI is InChI=1S/C16H23N3S/c1-2-13(17)11-19-9-7-12(8-10-19)16-18-14-5-3-4-6-15(14)20-16/h3-6,12-13H,2,7-11,17H2,1H3. The fourth-order valence-corrected chi connectivity index (χ4v) is 4.02. The third-order valence-corrected chi connectivity index (χ3v) is 5.46. The Kier molecular flexibility index (Phi) is 4.34. The van der Waals surface area contributed by atoms with E-state index in [0.29, 0.717) is 12.0 Å². The van der Waals surface area contributed by atoms with Gasteiger partial charge in [0.2, 0.25) is 0 Å². The Hall–Kier alpha value is -0.970. The molecule has 0 spiro atoms. The molecule has 4 heteroatoms. The highest BCUT2D eigenvalue weighted by atomic mass is 32.1. The second-order valence-corrected chi connectivity index (χ2v) is 6.83. The van der Waals surface area contributed by atoms with E-state index in [-0.39, 0.29) is 0 Å². The minimum atomic E-state index is 0.328. The molecule has 1 unspecified atom stereocenters. The summed E-state index contributed by atoms with van der Waals surface area (Å²) in [5.41, 5.74) is 7.20. The minimum absolute atomic E-state index is 0.328. The summed E-state index contributed by atoms with van der Waals surface area (Å²) >= 11 is 1.87. The lowest BCUT2D eigenvalue weighted by Crippen LogP contribution is -2.41. The molecule has 1 aromatic heterocycles. The molecule has 108 valence electrons. The molecule has 1 aliphatic rings. The molecule has 2 N–H and O–H groups in total. The number of nitrogens with two attached hydrogens (primary N) is 1. The van der Waals surface area contributed by atoms with Gasteiger partial charge in [0.05, 0.1) is 15.2 Å². The van der Waals surface area contributed by atoms with Gasteiger partial charge in [0.25, 0.3) is 0 Å². The molecule has 1 saturated heterocycles. The zero-order chi connectivity index (χ0) is 13.9. The summed E-state index contributed by atoms with van der Waals surface area (Å²) < 4.78 is 1.32. The number of rotatable bonds is 4. The van der Waals surface area contributed by atoms with Gasteiger partial charge in [-0.3, -0.25) is 0 Å². The first-order chi connectivity index (χ1) is 9.76. The van der Waals surface area contributed by atoms with Gasteiger partial charge < -0.3 is 10.6 Å². The number of piperidine rings is 1.